The summed E-state index contributed by atoms with van der Waals surface area (Å²) in [6, 6.07) is 0. The van der Waals surface area contributed by atoms with Crippen molar-refractivity contribution in [3.05, 3.63) is 22.7 Å². The summed E-state index contributed by atoms with van der Waals surface area (Å²) >= 11 is 0.806. The van der Waals surface area contributed by atoms with Gasteiger partial charge in [-0.15, -0.1) is 0 Å². The van der Waals surface area contributed by atoms with Crippen LogP contribution in [0.15, 0.2) is 12.2 Å². The molecule has 1 aromatic heterocycles. The third kappa shape index (κ3) is 3.68. The molecule has 1 aromatic rings. The molecule has 0 atom stereocenters. The third-order valence-corrected chi connectivity index (χ3v) is 2.66. The molecule has 1 heterocycles. The lowest BCUT2D eigenvalue weighted by Gasteiger charge is -1.93. The third-order valence-electron chi connectivity index (χ3n) is 1.60. The maximum absolute atomic E-state index is 11.2. The lowest BCUT2D eigenvalue weighted by atomic mass is 10.4. The molecule has 0 saturated heterocycles. The van der Waals surface area contributed by atoms with Crippen molar-refractivity contribution in [3.8, 4) is 0 Å². The van der Waals surface area contributed by atoms with Crippen LogP contribution in [0.25, 0.3) is 0 Å². The minimum absolute atomic E-state index is 0.0301. The van der Waals surface area contributed by atoms with E-state index in [0.717, 1.165) is 17.4 Å². The van der Waals surface area contributed by atoms with Gasteiger partial charge in [-0.2, -0.15) is 0 Å². The van der Waals surface area contributed by atoms with Crippen molar-refractivity contribution in [1.29, 1.82) is 0 Å². The first-order chi connectivity index (χ1) is 7.90. The molecule has 90 valence electrons. The van der Waals surface area contributed by atoms with Gasteiger partial charge in [0.1, 0.15) is 4.88 Å². The van der Waals surface area contributed by atoms with Gasteiger partial charge in [0, 0.05) is 12.2 Å². The van der Waals surface area contributed by atoms with E-state index >= 15 is 0 Å². The summed E-state index contributed by atoms with van der Waals surface area (Å²) in [6.07, 6.45) is 1.49. The summed E-state index contributed by atoms with van der Waals surface area (Å²) in [5.74, 6) is -3.05. The van der Waals surface area contributed by atoms with Crippen molar-refractivity contribution in [3.63, 3.8) is 0 Å². The summed E-state index contributed by atoms with van der Waals surface area (Å²) in [6.45, 7) is 1.50. The quantitative estimate of drug-likeness (QED) is 0.684. The molecule has 0 aromatic carbocycles. The molecule has 0 radical (unpaired) electrons. The zero-order valence-corrected chi connectivity index (χ0v) is 9.45. The van der Waals surface area contributed by atoms with Gasteiger partial charge in [0.2, 0.25) is 5.91 Å². The summed E-state index contributed by atoms with van der Waals surface area (Å²) < 4.78 is 0. The first-order valence-electron chi connectivity index (χ1n) is 4.33. The second-order valence-corrected chi connectivity index (χ2v) is 3.90. The van der Waals surface area contributed by atoms with Crippen LogP contribution < -0.4 is 5.32 Å². The number of anilines is 1. The Morgan fingerprint density at radius 1 is 1.29 bits per heavy atom. The fraction of sp³-hybridized carbons (Fsp3) is 0.111. The highest BCUT2D eigenvalue weighted by Crippen LogP contribution is 2.22. The minimum atomic E-state index is -1.25. The molecule has 0 spiro atoms. The van der Waals surface area contributed by atoms with Gasteiger partial charge in [0.15, 0.2) is 5.13 Å². The predicted molar refractivity (Wildman–Crippen MR) is 59.2 cm³/mol. The zero-order chi connectivity index (χ0) is 13.0. The number of nitrogens with one attached hydrogen (secondary N) is 1. The first-order valence-corrected chi connectivity index (χ1v) is 5.14. The Morgan fingerprint density at radius 3 is 2.41 bits per heavy atom. The molecule has 0 unspecified atom stereocenters. The number of carboxylic acids is 2. The normalized spacial score (nSPS) is 10.4. The van der Waals surface area contributed by atoms with Gasteiger partial charge in [-0.25, -0.2) is 14.6 Å². The number of aryl methyl sites for hydroxylation is 1. The van der Waals surface area contributed by atoms with Gasteiger partial charge in [-0.1, -0.05) is 11.3 Å². The number of thiazole rings is 1. The standard InChI is InChI=1S/C9H8N2O5S/c1-4-7(8(15)16)17-9(10-4)11-5(12)2-3-6(13)14/h2-3H,1H3,(H,13,14)(H,15,16)(H,10,11,12)/b3-2+. The van der Waals surface area contributed by atoms with Crippen LogP contribution in [-0.4, -0.2) is 33.0 Å². The average Bonchev–Trinajstić information content (AvgIpc) is 2.56. The van der Waals surface area contributed by atoms with Crippen LogP contribution >= 0.6 is 11.3 Å². The molecule has 0 aliphatic rings. The molecule has 0 bridgehead atoms. The van der Waals surface area contributed by atoms with Gasteiger partial charge in [-0.3, -0.25) is 10.1 Å². The van der Waals surface area contributed by atoms with Crippen molar-refractivity contribution in [2.24, 2.45) is 0 Å². The predicted octanol–water partition coefficient (Wildman–Crippen LogP) is 0.729. The second kappa shape index (κ2) is 5.21. The van der Waals surface area contributed by atoms with Crippen molar-refractivity contribution in [1.82, 2.24) is 4.98 Å². The highest BCUT2D eigenvalue weighted by molar-refractivity contribution is 7.17. The molecule has 0 saturated carbocycles. The topological polar surface area (TPSA) is 117 Å². The number of hydrogen-bond acceptors (Lipinski definition) is 5. The van der Waals surface area contributed by atoms with E-state index in [1.54, 1.807) is 0 Å². The van der Waals surface area contributed by atoms with Crippen molar-refractivity contribution < 1.29 is 24.6 Å². The number of aliphatic carboxylic acids is 1. The fourth-order valence-corrected chi connectivity index (χ4v) is 1.75. The molecule has 3 N–H and O–H groups in total. The second-order valence-electron chi connectivity index (χ2n) is 2.90. The number of aromatic nitrogens is 1. The number of carbonyl (C=O) groups excluding carboxylic acids is 1. The molecule has 7 nitrogen and oxygen atoms in total. The number of aromatic carboxylic acids is 1. The van der Waals surface area contributed by atoms with Crippen molar-refractivity contribution >= 4 is 34.3 Å². The largest absolute Gasteiger partial charge is 0.478 e. The number of amides is 1. The SMILES string of the molecule is Cc1nc(NC(=O)/C=C/C(=O)O)sc1C(=O)O. The highest BCUT2D eigenvalue weighted by Gasteiger charge is 2.14. The summed E-state index contributed by atoms with van der Waals surface area (Å²) in [7, 11) is 0. The lowest BCUT2D eigenvalue weighted by Crippen LogP contribution is -2.08. The summed E-state index contributed by atoms with van der Waals surface area (Å²) in [4.78, 5) is 35.9. The van der Waals surface area contributed by atoms with E-state index in [0.29, 0.717) is 11.8 Å². The van der Waals surface area contributed by atoms with Gasteiger partial charge < -0.3 is 10.2 Å². The summed E-state index contributed by atoms with van der Waals surface area (Å²) in [5.41, 5.74) is 0.292. The Morgan fingerprint density at radius 2 is 1.94 bits per heavy atom. The Kier molecular flexibility index (Phi) is 3.94. The molecule has 0 aliphatic carbocycles. The van der Waals surface area contributed by atoms with Crippen LogP contribution in [0.1, 0.15) is 15.4 Å². The maximum Gasteiger partial charge on any atom is 0.347 e. The van der Waals surface area contributed by atoms with Crippen LogP contribution in [0.5, 0.6) is 0 Å². The molecular formula is C9H8N2O5S. The number of nitrogens with zero attached hydrogens (tertiary/aromatic N) is 1. The van der Waals surface area contributed by atoms with E-state index in [4.69, 9.17) is 10.2 Å². The Balaban J connectivity index is 2.76. The number of carboxylic acid groups (broad SMARTS) is 2. The molecular weight excluding hydrogens is 248 g/mol. The highest BCUT2D eigenvalue weighted by atomic mass is 32.1. The Hall–Kier alpha value is -2.22. The van der Waals surface area contributed by atoms with Gasteiger partial charge >= 0.3 is 11.9 Å². The Labute approximate surface area is 99.4 Å². The monoisotopic (exact) mass is 256 g/mol. The first kappa shape index (κ1) is 12.8. The van der Waals surface area contributed by atoms with E-state index in [-0.39, 0.29) is 10.0 Å². The minimum Gasteiger partial charge on any atom is -0.478 e. The van der Waals surface area contributed by atoms with E-state index < -0.39 is 17.8 Å². The van der Waals surface area contributed by atoms with Crippen LogP contribution in [0.4, 0.5) is 5.13 Å². The van der Waals surface area contributed by atoms with E-state index in [9.17, 15) is 14.4 Å². The number of hydrogen-bond donors (Lipinski definition) is 3. The van der Waals surface area contributed by atoms with Crippen LogP contribution in [-0.2, 0) is 9.59 Å². The van der Waals surface area contributed by atoms with Crippen LogP contribution in [0.3, 0.4) is 0 Å². The molecule has 0 fully saturated rings. The number of carbonyl (C=O) groups is 3. The molecule has 0 aliphatic heterocycles. The van der Waals surface area contributed by atoms with Crippen LogP contribution in [0.2, 0.25) is 0 Å². The van der Waals surface area contributed by atoms with E-state index in [2.05, 4.69) is 10.3 Å². The molecule has 17 heavy (non-hydrogen) atoms. The lowest BCUT2D eigenvalue weighted by molar-refractivity contribution is -0.131. The smallest absolute Gasteiger partial charge is 0.347 e. The van der Waals surface area contributed by atoms with Crippen molar-refractivity contribution in [2.45, 2.75) is 6.92 Å². The van der Waals surface area contributed by atoms with Gasteiger partial charge in [-0.05, 0) is 6.92 Å². The number of rotatable bonds is 4. The molecule has 1 amide bonds. The molecule has 1 rings (SSSR count). The van der Waals surface area contributed by atoms with Gasteiger partial charge in [0.25, 0.3) is 0 Å². The van der Waals surface area contributed by atoms with Gasteiger partial charge in [0.05, 0.1) is 5.69 Å². The molecule has 8 heteroatoms. The Bertz CT molecular complexity index is 505. The van der Waals surface area contributed by atoms with Crippen molar-refractivity contribution in [2.75, 3.05) is 5.32 Å². The maximum atomic E-state index is 11.2. The van der Waals surface area contributed by atoms with E-state index in [1.165, 1.54) is 6.92 Å². The fourth-order valence-electron chi connectivity index (χ4n) is 0.942. The van der Waals surface area contributed by atoms with Crippen LogP contribution in [0, 0.1) is 6.92 Å². The van der Waals surface area contributed by atoms with E-state index in [1.807, 2.05) is 0 Å². The average molecular weight is 256 g/mol. The summed E-state index contributed by atoms with van der Waals surface area (Å²) in [5, 5.41) is 19.4. The zero-order valence-electron chi connectivity index (χ0n) is 8.63.